The number of hydrogen-bond acceptors (Lipinski definition) is 2. The zero-order valence-corrected chi connectivity index (χ0v) is 15.6. The normalized spacial score (nSPS) is 24.0. The first-order valence-corrected chi connectivity index (χ1v) is 8.90. The molecule has 0 aromatic heterocycles. The molecule has 4 nitrogen and oxygen atoms in total. The minimum atomic E-state index is -1.28. The van der Waals surface area contributed by atoms with E-state index in [4.69, 9.17) is 11.6 Å². The number of carboxylic acids is 1. The van der Waals surface area contributed by atoms with Gasteiger partial charge in [0.2, 0.25) is 5.91 Å². The molecule has 0 spiro atoms. The van der Waals surface area contributed by atoms with Gasteiger partial charge in [0.05, 0.1) is 6.42 Å². The Morgan fingerprint density at radius 1 is 1.32 bits per heavy atom. The average Bonchev–Trinajstić information content (AvgIpc) is 2.50. The van der Waals surface area contributed by atoms with Crippen LogP contribution in [0.2, 0.25) is 5.02 Å². The number of carboxylic acid groups (broad SMARTS) is 1. The molecule has 0 heterocycles. The van der Waals surface area contributed by atoms with Gasteiger partial charge in [-0.05, 0) is 49.1 Å². The van der Waals surface area contributed by atoms with Crippen LogP contribution >= 0.6 is 11.6 Å². The summed E-state index contributed by atoms with van der Waals surface area (Å²) in [7, 11) is 0. The van der Waals surface area contributed by atoms with Crippen molar-refractivity contribution in [1.29, 1.82) is 0 Å². The Balaban J connectivity index is 2.10. The van der Waals surface area contributed by atoms with Crippen molar-refractivity contribution in [3.8, 4) is 0 Å². The summed E-state index contributed by atoms with van der Waals surface area (Å²) in [4.78, 5) is 24.2. The van der Waals surface area contributed by atoms with Crippen LogP contribution in [-0.2, 0) is 16.0 Å². The minimum Gasteiger partial charge on any atom is -0.480 e. The third kappa shape index (κ3) is 4.51. The number of carbonyl (C=O) groups is 2. The molecule has 1 amide bonds. The van der Waals surface area contributed by atoms with Gasteiger partial charge in [0.15, 0.2) is 0 Å². The fraction of sp³-hybridized carbons (Fsp3) is 0.579. The fourth-order valence-corrected chi connectivity index (χ4v) is 3.77. The number of benzene rings is 1. The number of amides is 1. The van der Waals surface area contributed by atoms with Crippen LogP contribution in [0.25, 0.3) is 0 Å². The molecule has 1 fully saturated rings. The summed E-state index contributed by atoms with van der Waals surface area (Å²) in [6, 6.07) is 4.20. The van der Waals surface area contributed by atoms with E-state index in [9.17, 15) is 19.1 Å². The molecule has 1 saturated carbocycles. The topological polar surface area (TPSA) is 66.4 Å². The Kier molecular flexibility index (Phi) is 5.77. The van der Waals surface area contributed by atoms with Crippen molar-refractivity contribution in [2.75, 3.05) is 0 Å². The monoisotopic (exact) mass is 369 g/mol. The van der Waals surface area contributed by atoms with E-state index in [1.54, 1.807) is 0 Å². The van der Waals surface area contributed by atoms with Crippen molar-refractivity contribution in [2.45, 2.75) is 58.4 Å². The molecule has 1 aliphatic rings. The first kappa shape index (κ1) is 19.7. The van der Waals surface area contributed by atoms with Crippen molar-refractivity contribution in [3.63, 3.8) is 0 Å². The van der Waals surface area contributed by atoms with Gasteiger partial charge < -0.3 is 10.4 Å². The fourth-order valence-electron chi connectivity index (χ4n) is 3.54. The summed E-state index contributed by atoms with van der Waals surface area (Å²) in [6.45, 7) is 6.43. The molecule has 0 saturated heterocycles. The Morgan fingerprint density at radius 3 is 2.40 bits per heavy atom. The van der Waals surface area contributed by atoms with Gasteiger partial charge in [0, 0.05) is 10.6 Å². The van der Waals surface area contributed by atoms with Gasteiger partial charge in [0.25, 0.3) is 0 Å². The summed E-state index contributed by atoms with van der Waals surface area (Å²) in [5.41, 5.74) is -1.09. The summed E-state index contributed by atoms with van der Waals surface area (Å²) in [6.07, 6.45) is 1.94. The standard InChI is InChI=1S/C19H25ClFNO3/c1-18(2,3)12-7-9-19(10-8-12,17(24)25)22-16(23)11-13-14(20)5-4-6-15(13)21/h4-6,12H,7-11H2,1-3H3,(H,22,23)(H,24,25). The molecule has 138 valence electrons. The molecular formula is C19H25ClFNO3. The summed E-state index contributed by atoms with van der Waals surface area (Å²) < 4.78 is 13.8. The Labute approximate surface area is 152 Å². The molecule has 6 heteroatoms. The Hall–Kier alpha value is -1.62. The van der Waals surface area contributed by atoms with Crippen LogP contribution in [0.5, 0.6) is 0 Å². The highest BCUT2D eigenvalue weighted by atomic mass is 35.5. The molecule has 1 aromatic carbocycles. The molecule has 0 bridgehead atoms. The average molecular weight is 370 g/mol. The van der Waals surface area contributed by atoms with Crippen molar-refractivity contribution in [3.05, 3.63) is 34.6 Å². The largest absolute Gasteiger partial charge is 0.480 e. The molecule has 0 aliphatic heterocycles. The van der Waals surface area contributed by atoms with E-state index in [0.717, 1.165) is 12.8 Å². The Bertz CT molecular complexity index is 641. The predicted octanol–water partition coefficient (Wildman–Crippen LogP) is 4.20. The quantitative estimate of drug-likeness (QED) is 0.835. The maximum atomic E-state index is 13.8. The van der Waals surface area contributed by atoms with Crippen molar-refractivity contribution >= 4 is 23.5 Å². The third-order valence-corrected chi connectivity index (χ3v) is 5.61. The molecule has 1 aromatic rings. The number of rotatable bonds is 4. The smallest absolute Gasteiger partial charge is 0.329 e. The molecule has 0 radical (unpaired) electrons. The Morgan fingerprint density at radius 2 is 1.92 bits per heavy atom. The predicted molar refractivity (Wildman–Crippen MR) is 95.0 cm³/mol. The highest BCUT2D eigenvalue weighted by molar-refractivity contribution is 6.31. The summed E-state index contributed by atoms with van der Waals surface area (Å²) in [5, 5.41) is 12.5. The minimum absolute atomic E-state index is 0.0885. The molecular weight excluding hydrogens is 345 g/mol. The van der Waals surface area contributed by atoms with E-state index in [1.165, 1.54) is 18.2 Å². The van der Waals surface area contributed by atoms with Crippen LogP contribution in [0.3, 0.4) is 0 Å². The number of halogens is 2. The first-order chi connectivity index (χ1) is 11.5. The second-order valence-electron chi connectivity index (χ2n) is 7.95. The van der Waals surface area contributed by atoms with Crippen LogP contribution in [0.4, 0.5) is 4.39 Å². The molecule has 1 aliphatic carbocycles. The summed E-state index contributed by atoms with van der Waals surface area (Å²) >= 11 is 5.95. The molecule has 25 heavy (non-hydrogen) atoms. The number of carbonyl (C=O) groups excluding carboxylic acids is 1. The SMILES string of the molecule is CC(C)(C)C1CCC(NC(=O)Cc2c(F)cccc2Cl)(C(=O)O)CC1. The van der Waals surface area contributed by atoms with Gasteiger partial charge >= 0.3 is 5.97 Å². The van der Waals surface area contributed by atoms with Gasteiger partial charge in [0.1, 0.15) is 11.4 Å². The number of aliphatic carboxylic acids is 1. The molecule has 0 unspecified atom stereocenters. The second-order valence-corrected chi connectivity index (χ2v) is 8.36. The van der Waals surface area contributed by atoms with Gasteiger partial charge in [-0.3, -0.25) is 4.79 Å². The number of nitrogens with one attached hydrogen (secondary N) is 1. The molecule has 2 rings (SSSR count). The van der Waals surface area contributed by atoms with Crippen LogP contribution in [0.1, 0.15) is 52.0 Å². The van der Waals surface area contributed by atoms with E-state index in [2.05, 4.69) is 26.1 Å². The third-order valence-electron chi connectivity index (χ3n) is 5.25. The zero-order chi connectivity index (χ0) is 18.8. The first-order valence-electron chi connectivity index (χ1n) is 8.52. The lowest BCUT2D eigenvalue weighted by Gasteiger charge is -2.42. The maximum absolute atomic E-state index is 13.8. The van der Waals surface area contributed by atoms with Gasteiger partial charge in [-0.15, -0.1) is 0 Å². The highest BCUT2D eigenvalue weighted by Gasteiger charge is 2.45. The van der Waals surface area contributed by atoms with Gasteiger partial charge in [-0.1, -0.05) is 38.4 Å². The lowest BCUT2D eigenvalue weighted by molar-refractivity contribution is -0.150. The van der Waals surface area contributed by atoms with Crippen molar-refractivity contribution in [1.82, 2.24) is 5.32 Å². The van der Waals surface area contributed by atoms with E-state index in [-0.39, 0.29) is 22.4 Å². The van der Waals surface area contributed by atoms with E-state index in [0.29, 0.717) is 18.8 Å². The van der Waals surface area contributed by atoms with Crippen LogP contribution in [-0.4, -0.2) is 22.5 Å². The van der Waals surface area contributed by atoms with Gasteiger partial charge in [-0.25, -0.2) is 9.18 Å². The lowest BCUT2D eigenvalue weighted by Crippen LogP contribution is -2.57. The van der Waals surface area contributed by atoms with E-state index in [1.807, 2.05) is 0 Å². The maximum Gasteiger partial charge on any atom is 0.329 e. The zero-order valence-electron chi connectivity index (χ0n) is 14.9. The van der Waals surface area contributed by atoms with Crippen LogP contribution in [0, 0.1) is 17.2 Å². The lowest BCUT2D eigenvalue weighted by atomic mass is 9.67. The van der Waals surface area contributed by atoms with E-state index >= 15 is 0 Å². The molecule has 0 atom stereocenters. The highest BCUT2D eigenvalue weighted by Crippen LogP contribution is 2.41. The van der Waals surface area contributed by atoms with Crippen LogP contribution in [0.15, 0.2) is 18.2 Å². The molecule has 2 N–H and O–H groups in total. The second kappa shape index (κ2) is 7.32. The van der Waals surface area contributed by atoms with Crippen molar-refractivity contribution < 1.29 is 19.1 Å². The van der Waals surface area contributed by atoms with Crippen LogP contribution < -0.4 is 5.32 Å². The van der Waals surface area contributed by atoms with Gasteiger partial charge in [-0.2, -0.15) is 0 Å². The summed E-state index contributed by atoms with van der Waals surface area (Å²) in [5.74, 6) is -1.71. The van der Waals surface area contributed by atoms with Crippen molar-refractivity contribution in [2.24, 2.45) is 11.3 Å². The van der Waals surface area contributed by atoms with E-state index < -0.39 is 23.2 Å². The number of hydrogen-bond donors (Lipinski definition) is 2.